The molecule has 2 heterocycles. The van der Waals surface area contributed by atoms with Crippen LogP contribution in [0.4, 0.5) is 0 Å². The average Bonchev–Trinajstić information content (AvgIpc) is 2.90. The minimum absolute atomic E-state index is 0.125. The molecule has 2 saturated heterocycles. The summed E-state index contributed by atoms with van der Waals surface area (Å²) in [4.78, 5) is 15.0. The summed E-state index contributed by atoms with van der Waals surface area (Å²) in [5.41, 5.74) is 6.64. The summed E-state index contributed by atoms with van der Waals surface area (Å²) in [5.74, 6) is 0.576. The van der Waals surface area contributed by atoms with Gasteiger partial charge in [0.1, 0.15) is 6.04 Å². The number of fused-ring (bicyclic) bond motifs is 1. The van der Waals surface area contributed by atoms with Crippen LogP contribution in [-0.2, 0) is 10.4 Å². The molecule has 0 aromatic heterocycles. The molecule has 1 aromatic rings. The molecular weight excluding hydrogens is 350 g/mol. The van der Waals surface area contributed by atoms with Gasteiger partial charge in [-0.05, 0) is 43.4 Å². The molecule has 142 valence electrons. The molecular formula is C20H28ClN3O2. The number of nitrogens with zero attached hydrogens (tertiary/aromatic N) is 1. The Kier molecular flexibility index (Phi) is 5.24. The molecule has 6 heteroatoms. The van der Waals surface area contributed by atoms with E-state index in [0.29, 0.717) is 42.9 Å². The van der Waals surface area contributed by atoms with Crippen LogP contribution in [0.2, 0.25) is 5.02 Å². The standard InChI is InChI=1S/C20H28ClN3O2/c21-15-8-6-14(7-9-15)20(26)10-12-24(13-11-20)19(25)18-16-4-2-1-3-5-17(16)22-23-18/h6-9,16-18,22-23,26H,1-5,10-13H2. The second kappa shape index (κ2) is 7.47. The van der Waals surface area contributed by atoms with Crippen molar-refractivity contribution >= 4 is 17.5 Å². The van der Waals surface area contributed by atoms with Crippen LogP contribution >= 0.6 is 11.6 Å². The number of hydrazine groups is 1. The molecule has 26 heavy (non-hydrogen) atoms. The molecule has 1 aromatic carbocycles. The quantitative estimate of drug-likeness (QED) is 0.741. The Morgan fingerprint density at radius 2 is 1.77 bits per heavy atom. The Balaban J connectivity index is 1.40. The van der Waals surface area contributed by atoms with E-state index in [1.165, 1.54) is 19.3 Å². The molecule has 3 fully saturated rings. The summed E-state index contributed by atoms with van der Waals surface area (Å²) in [7, 11) is 0. The molecule has 4 rings (SSSR count). The lowest BCUT2D eigenvalue weighted by Gasteiger charge is -2.40. The maximum atomic E-state index is 13.1. The molecule has 3 atom stereocenters. The Morgan fingerprint density at radius 3 is 2.50 bits per heavy atom. The van der Waals surface area contributed by atoms with Crippen molar-refractivity contribution in [1.29, 1.82) is 0 Å². The molecule has 3 unspecified atom stereocenters. The highest BCUT2D eigenvalue weighted by molar-refractivity contribution is 6.30. The summed E-state index contributed by atoms with van der Waals surface area (Å²) in [6.07, 6.45) is 7.12. The largest absolute Gasteiger partial charge is 0.385 e. The van der Waals surface area contributed by atoms with Crippen molar-refractivity contribution in [3.8, 4) is 0 Å². The number of halogens is 1. The predicted octanol–water partition coefficient (Wildman–Crippen LogP) is 2.58. The average molecular weight is 378 g/mol. The zero-order valence-corrected chi connectivity index (χ0v) is 15.8. The van der Waals surface area contributed by atoms with Gasteiger partial charge in [-0.1, -0.05) is 43.0 Å². The monoisotopic (exact) mass is 377 g/mol. The predicted molar refractivity (Wildman–Crippen MR) is 102 cm³/mol. The van der Waals surface area contributed by atoms with E-state index >= 15 is 0 Å². The molecule has 5 nitrogen and oxygen atoms in total. The fraction of sp³-hybridized carbons (Fsp3) is 0.650. The molecule has 0 spiro atoms. The molecule has 1 aliphatic carbocycles. The van der Waals surface area contributed by atoms with Gasteiger partial charge >= 0.3 is 0 Å². The number of amides is 1. The van der Waals surface area contributed by atoms with Crippen molar-refractivity contribution in [3.63, 3.8) is 0 Å². The Labute approximate surface area is 160 Å². The Bertz CT molecular complexity index is 643. The molecule has 1 amide bonds. The molecule has 0 radical (unpaired) electrons. The summed E-state index contributed by atoms with van der Waals surface area (Å²) in [6.45, 7) is 1.18. The Hall–Kier alpha value is -1.14. The minimum atomic E-state index is -0.867. The third kappa shape index (κ3) is 3.50. The van der Waals surface area contributed by atoms with Crippen molar-refractivity contribution in [2.75, 3.05) is 13.1 Å². The van der Waals surface area contributed by atoms with Crippen molar-refractivity contribution in [3.05, 3.63) is 34.9 Å². The summed E-state index contributed by atoms with van der Waals surface area (Å²) in [5, 5.41) is 11.7. The van der Waals surface area contributed by atoms with E-state index in [-0.39, 0.29) is 11.9 Å². The van der Waals surface area contributed by atoms with E-state index in [0.717, 1.165) is 18.4 Å². The van der Waals surface area contributed by atoms with E-state index in [2.05, 4.69) is 10.9 Å². The summed E-state index contributed by atoms with van der Waals surface area (Å²) in [6, 6.07) is 7.69. The number of carbonyl (C=O) groups is 1. The van der Waals surface area contributed by atoms with Crippen LogP contribution in [0.3, 0.4) is 0 Å². The van der Waals surface area contributed by atoms with Crippen molar-refractivity contribution in [1.82, 2.24) is 15.8 Å². The van der Waals surface area contributed by atoms with Crippen molar-refractivity contribution < 1.29 is 9.90 Å². The smallest absolute Gasteiger partial charge is 0.241 e. The first-order valence-electron chi connectivity index (χ1n) is 9.85. The maximum absolute atomic E-state index is 13.1. The van der Waals surface area contributed by atoms with Crippen LogP contribution in [0, 0.1) is 5.92 Å². The fourth-order valence-electron chi connectivity index (χ4n) is 4.81. The minimum Gasteiger partial charge on any atom is -0.385 e. The van der Waals surface area contributed by atoms with Gasteiger partial charge in [0.2, 0.25) is 5.91 Å². The van der Waals surface area contributed by atoms with Crippen LogP contribution in [0.1, 0.15) is 50.5 Å². The number of piperidine rings is 1. The maximum Gasteiger partial charge on any atom is 0.241 e. The lowest BCUT2D eigenvalue weighted by Crippen LogP contribution is -2.52. The van der Waals surface area contributed by atoms with Crippen LogP contribution in [0.5, 0.6) is 0 Å². The molecule has 1 saturated carbocycles. The van der Waals surface area contributed by atoms with Crippen molar-refractivity contribution in [2.45, 2.75) is 62.6 Å². The molecule has 0 bridgehead atoms. The van der Waals surface area contributed by atoms with Gasteiger partial charge in [0.25, 0.3) is 0 Å². The number of hydrogen-bond acceptors (Lipinski definition) is 4. The first-order chi connectivity index (χ1) is 12.6. The Morgan fingerprint density at radius 1 is 1.08 bits per heavy atom. The van der Waals surface area contributed by atoms with Gasteiger partial charge in [0.05, 0.1) is 5.60 Å². The van der Waals surface area contributed by atoms with Gasteiger partial charge in [-0.2, -0.15) is 0 Å². The number of benzene rings is 1. The molecule has 3 N–H and O–H groups in total. The topological polar surface area (TPSA) is 64.6 Å². The zero-order chi connectivity index (χ0) is 18.1. The van der Waals surface area contributed by atoms with E-state index < -0.39 is 5.60 Å². The number of carbonyl (C=O) groups excluding carboxylic acids is 1. The third-order valence-electron chi connectivity index (χ3n) is 6.47. The number of hydrogen-bond donors (Lipinski definition) is 3. The van der Waals surface area contributed by atoms with Gasteiger partial charge in [0, 0.05) is 30.1 Å². The van der Waals surface area contributed by atoms with E-state index in [1.54, 1.807) is 0 Å². The van der Waals surface area contributed by atoms with Gasteiger partial charge in [-0.25, -0.2) is 5.43 Å². The van der Waals surface area contributed by atoms with Gasteiger partial charge in [-0.3, -0.25) is 10.2 Å². The highest BCUT2D eigenvalue weighted by Crippen LogP contribution is 2.35. The number of nitrogens with one attached hydrogen (secondary N) is 2. The first kappa shape index (κ1) is 18.2. The molecule has 2 aliphatic heterocycles. The first-order valence-corrected chi connectivity index (χ1v) is 10.2. The molecule has 3 aliphatic rings. The highest BCUT2D eigenvalue weighted by Gasteiger charge is 2.43. The number of aliphatic hydroxyl groups is 1. The summed E-state index contributed by atoms with van der Waals surface area (Å²) < 4.78 is 0. The van der Waals surface area contributed by atoms with Crippen LogP contribution in [0.15, 0.2) is 24.3 Å². The lowest BCUT2D eigenvalue weighted by molar-refractivity contribution is -0.138. The van der Waals surface area contributed by atoms with E-state index in [4.69, 9.17) is 11.6 Å². The number of likely N-dealkylation sites (tertiary alicyclic amines) is 1. The van der Waals surface area contributed by atoms with E-state index in [9.17, 15) is 9.90 Å². The van der Waals surface area contributed by atoms with Crippen molar-refractivity contribution in [2.24, 2.45) is 5.92 Å². The van der Waals surface area contributed by atoms with Gasteiger partial charge < -0.3 is 10.0 Å². The summed E-state index contributed by atoms with van der Waals surface area (Å²) >= 11 is 5.95. The van der Waals surface area contributed by atoms with Crippen LogP contribution < -0.4 is 10.9 Å². The van der Waals surface area contributed by atoms with Crippen LogP contribution in [-0.4, -0.2) is 41.1 Å². The fourth-order valence-corrected chi connectivity index (χ4v) is 4.93. The second-order valence-electron chi connectivity index (χ2n) is 8.04. The second-order valence-corrected chi connectivity index (χ2v) is 8.47. The van der Waals surface area contributed by atoms with E-state index in [1.807, 2.05) is 29.2 Å². The zero-order valence-electron chi connectivity index (χ0n) is 15.1. The normalized spacial score (nSPS) is 31.3. The van der Waals surface area contributed by atoms with Crippen LogP contribution in [0.25, 0.3) is 0 Å². The number of rotatable bonds is 2. The van der Waals surface area contributed by atoms with Gasteiger partial charge in [-0.15, -0.1) is 0 Å². The third-order valence-corrected chi connectivity index (χ3v) is 6.72. The highest BCUT2D eigenvalue weighted by atomic mass is 35.5. The SMILES string of the molecule is O=C(C1NNC2CCCCCC21)N1CCC(O)(c2ccc(Cl)cc2)CC1. The van der Waals surface area contributed by atoms with Gasteiger partial charge in [0.15, 0.2) is 0 Å². The lowest BCUT2D eigenvalue weighted by atomic mass is 9.83.